The lowest BCUT2D eigenvalue weighted by molar-refractivity contribution is 0.0506. The van der Waals surface area contributed by atoms with Gasteiger partial charge in [-0.2, -0.15) is 0 Å². The molecular weight excluding hydrogens is 212 g/mol. The first-order valence-corrected chi connectivity index (χ1v) is 6.53. The van der Waals surface area contributed by atoms with Gasteiger partial charge >= 0.3 is 0 Å². The van der Waals surface area contributed by atoms with Gasteiger partial charge in [-0.05, 0) is 43.4 Å². The number of aromatic nitrogens is 1. The van der Waals surface area contributed by atoms with Crippen LogP contribution in [0.5, 0.6) is 0 Å². The monoisotopic (exact) mass is 234 g/mol. The fraction of sp³-hybridized carbons (Fsp3) is 0.643. The molecule has 2 rings (SSSR count). The summed E-state index contributed by atoms with van der Waals surface area (Å²) < 4.78 is 5.70. The van der Waals surface area contributed by atoms with Gasteiger partial charge in [0, 0.05) is 19.5 Å². The van der Waals surface area contributed by atoms with E-state index in [0.717, 1.165) is 18.9 Å². The Balaban J connectivity index is 2.11. The molecule has 1 aliphatic rings. The summed E-state index contributed by atoms with van der Waals surface area (Å²) in [4.78, 5) is 4.21. The zero-order valence-corrected chi connectivity index (χ0v) is 10.7. The van der Waals surface area contributed by atoms with Crippen LogP contribution in [0.25, 0.3) is 0 Å². The number of rotatable bonds is 7. The fourth-order valence-corrected chi connectivity index (χ4v) is 2.31. The summed E-state index contributed by atoms with van der Waals surface area (Å²) in [5.41, 5.74) is 1.24. The minimum atomic E-state index is 0.279. The van der Waals surface area contributed by atoms with E-state index in [4.69, 9.17) is 4.74 Å². The van der Waals surface area contributed by atoms with Crippen LogP contribution in [0.2, 0.25) is 0 Å². The van der Waals surface area contributed by atoms with E-state index in [2.05, 4.69) is 23.3 Å². The van der Waals surface area contributed by atoms with Crippen LogP contribution >= 0.6 is 0 Å². The van der Waals surface area contributed by atoms with E-state index in [1.165, 1.54) is 18.4 Å². The average Bonchev–Trinajstić information content (AvgIpc) is 3.20. The predicted molar refractivity (Wildman–Crippen MR) is 68.8 cm³/mol. The van der Waals surface area contributed by atoms with Crippen LogP contribution in [0.1, 0.15) is 37.8 Å². The topological polar surface area (TPSA) is 34.2 Å². The molecule has 1 aliphatic carbocycles. The second kappa shape index (κ2) is 6.12. The molecule has 2 unspecified atom stereocenters. The number of ether oxygens (including phenoxy) is 1. The lowest BCUT2D eigenvalue weighted by Crippen LogP contribution is -2.35. The third kappa shape index (κ3) is 3.27. The molecule has 17 heavy (non-hydrogen) atoms. The molecule has 2 atom stereocenters. The predicted octanol–water partition coefficient (Wildman–Crippen LogP) is 2.55. The highest BCUT2D eigenvalue weighted by Gasteiger charge is 2.37. The Morgan fingerprint density at radius 3 is 2.88 bits per heavy atom. The highest BCUT2D eigenvalue weighted by Crippen LogP contribution is 2.39. The van der Waals surface area contributed by atoms with E-state index < -0.39 is 0 Å². The number of methoxy groups -OCH3 is 1. The van der Waals surface area contributed by atoms with Gasteiger partial charge in [0.1, 0.15) is 0 Å². The fourth-order valence-electron chi connectivity index (χ4n) is 2.31. The number of pyridine rings is 1. The van der Waals surface area contributed by atoms with Gasteiger partial charge in [-0.15, -0.1) is 0 Å². The molecule has 1 saturated carbocycles. The molecule has 1 fully saturated rings. The van der Waals surface area contributed by atoms with Gasteiger partial charge in [-0.3, -0.25) is 4.98 Å². The Labute approximate surface area is 104 Å². The van der Waals surface area contributed by atoms with Crippen molar-refractivity contribution in [2.24, 2.45) is 5.92 Å². The molecular formula is C14H22N2O. The van der Waals surface area contributed by atoms with Crippen LogP contribution in [-0.2, 0) is 4.74 Å². The van der Waals surface area contributed by atoms with Crippen molar-refractivity contribution in [2.75, 3.05) is 13.7 Å². The minimum absolute atomic E-state index is 0.279. The molecule has 1 aromatic rings. The molecule has 0 aliphatic heterocycles. The van der Waals surface area contributed by atoms with Gasteiger partial charge in [-0.25, -0.2) is 0 Å². The lowest BCUT2D eigenvalue weighted by atomic mass is 9.99. The van der Waals surface area contributed by atoms with Crippen molar-refractivity contribution >= 4 is 0 Å². The van der Waals surface area contributed by atoms with Gasteiger partial charge in [0.2, 0.25) is 0 Å². The third-order valence-corrected chi connectivity index (χ3v) is 3.35. The second-order valence-electron chi connectivity index (χ2n) is 4.76. The molecule has 0 amide bonds. The van der Waals surface area contributed by atoms with E-state index in [9.17, 15) is 0 Å². The SMILES string of the molecule is CCCNC(c1cccnc1)C(OC)C1CC1. The van der Waals surface area contributed by atoms with Gasteiger partial charge < -0.3 is 10.1 Å². The summed E-state index contributed by atoms with van der Waals surface area (Å²) >= 11 is 0. The number of hydrogen-bond acceptors (Lipinski definition) is 3. The van der Waals surface area contributed by atoms with Crippen molar-refractivity contribution in [3.63, 3.8) is 0 Å². The Morgan fingerprint density at radius 2 is 2.35 bits per heavy atom. The van der Waals surface area contributed by atoms with Gasteiger partial charge in [0.15, 0.2) is 0 Å². The van der Waals surface area contributed by atoms with Gasteiger partial charge in [-0.1, -0.05) is 13.0 Å². The van der Waals surface area contributed by atoms with Crippen molar-refractivity contribution in [1.29, 1.82) is 0 Å². The standard InChI is InChI=1S/C14H22N2O/c1-3-8-16-13(12-5-4-9-15-10-12)14(17-2)11-6-7-11/h4-5,9-11,13-14,16H,3,6-8H2,1-2H3. The van der Waals surface area contributed by atoms with Crippen molar-refractivity contribution in [3.8, 4) is 0 Å². The van der Waals surface area contributed by atoms with Crippen LogP contribution < -0.4 is 5.32 Å². The molecule has 0 spiro atoms. The Hall–Kier alpha value is -0.930. The van der Waals surface area contributed by atoms with Crippen molar-refractivity contribution in [1.82, 2.24) is 10.3 Å². The summed E-state index contributed by atoms with van der Waals surface area (Å²) in [5, 5.41) is 3.59. The van der Waals surface area contributed by atoms with Gasteiger partial charge in [0.25, 0.3) is 0 Å². The van der Waals surface area contributed by atoms with Crippen LogP contribution in [0, 0.1) is 5.92 Å². The molecule has 1 aromatic heterocycles. The van der Waals surface area contributed by atoms with Crippen LogP contribution in [0.15, 0.2) is 24.5 Å². The van der Waals surface area contributed by atoms with E-state index in [1.807, 2.05) is 25.6 Å². The highest BCUT2D eigenvalue weighted by molar-refractivity contribution is 5.16. The molecule has 3 nitrogen and oxygen atoms in total. The molecule has 3 heteroatoms. The third-order valence-electron chi connectivity index (χ3n) is 3.35. The van der Waals surface area contributed by atoms with Crippen molar-refractivity contribution < 1.29 is 4.74 Å². The molecule has 0 saturated heterocycles. The average molecular weight is 234 g/mol. The Bertz CT molecular complexity index is 324. The molecule has 0 aromatic carbocycles. The molecule has 1 heterocycles. The zero-order valence-electron chi connectivity index (χ0n) is 10.7. The maximum atomic E-state index is 5.70. The smallest absolute Gasteiger partial charge is 0.0794 e. The summed E-state index contributed by atoms with van der Waals surface area (Å²) in [6.07, 6.45) is 7.77. The Morgan fingerprint density at radius 1 is 1.53 bits per heavy atom. The molecule has 94 valence electrons. The first-order valence-electron chi connectivity index (χ1n) is 6.53. The van der Waals surface area contributed by atoms with Crippen molar-refractivity contribution in [3.05, 3.63) is 30.1 Å². The zero-order chi connectivity index (χ0) is 12.1. The number of hydrogen-bond donors (Lipinski definition) is 1. The van der Waals surface area contributed by atoms with Gasteiger partial charge in [0.05, 0.1) is 12.1 Å². The van der Waals surface area contributed by atoms with Crippen LogP contribution in [0.4, 0.5) is 0 Å². The summed E-state index contributed by atoms with van der Waals surface area (Å²) in [5.74, 6) is 0.717. The quantitative estimate of drug-likeness (QED) is 0.787. The van der Waals surface area contributed by atoms with E-state index in [-0.39, 0.29) is 12.1 Å². The summed E-state index contributed by atoms with van der Waals surface area (Å²) in [6, 6.07) is 4.41. The first kappa shape index (κ1) is 12.5. The maximum Gasteiger partial charge on any atom is 0.0794 e. The normalized spacial score (nSPS) is 18.9. The van der Waals surface area contributed by atoms with E-state index >= 15 is 0 Å². The maximum absolute atomic E-state index is 5.70. The first-order chi connectivity index (χ1) is 8.36. The second-order valence-corrected chi connectivity index (χ2v) is 4.76. The molecule has 0 bridgehead atoms. The largest absolute Gasteiger partial charge is 0.379 e. The van der Waals surface area contributed by atoms with E-state index in [1.54, 1.807) is 0 Å². The minimum Gasteiger partial charge on any atom is -0.379 e. The highest BCUT2D eigenvalue weighted by atomic mass is 16.5. The Kier molecular flexibility index (Phi) is 4.51. The molecule has 1 N–H and O–H groups in total. The molecule has 0 radical (unpaired) electrons. The van der Waals surface area contributed by atoms with Crippen molar-refractivity contribution in [2.45, 2.75) is 38.3 Å². The number of nitrogens with zero attached hydrogens (tertiary/aromatic N) is 1. The number of nitrogens with one attached hydrogen (secondary N) is 1. The van der Waals surface area contributed by atoms with E-state index in [0.29, 0.717) is 0 Å². The van der Waals surface area contributed by atoms with Crippen LogP contribution in [0.3, 0.4) is 0 Å². The summed E-state index contributed by atoms with van der Waals surface area (Å²) in [7, 11) is 1.82. The van der Waals surface area contributed by atoms with Crippen LogP contribution in [-0.4, -0.2) is 24.7 Å². The lowest BCUT2D eigenvalue weighted by Gasteiger charge is -2.27. The summed E-state index contributed by atoms with van der Waals surface area (Å²) in [6.45, 7) is 3.21.